The van der Waals surface area contributed by atoms with Gasteiger partial charge in [0.25, 0.3) is 0 Å². The Hall–Kier alpha value is -2.42. The molecule has 0 saturated heterocycles. The summed E-state index contributed by atoms with van der Waals surface area (Å²) in [5.74, 6) is -0.0895. The fourth-order valence-electron chi connectivity index (χ4n) is 2.11. The molecule has 0 radical (unpaired) electrons. The SMILES string of the molecule is CCN(C)C(=O)/N=c1\sc(C)cn1-c1ccc2c(c1)OC(F)(F)O2. The molecule has 2 aromatic rings. The average Bonchev–Trinajstić information content (AvgIpc) is 3.03. The van der Waals surface area contributed by atoms with Crippen molar-refractivity contribution in [2.45, 2.75) is 20.1 Å². The van der Waals surface area contributed by atoms with E-state index < -0.39 is 6.29 Å². The molecule has 3 rings (SSSR count). The maximum Gasteiger partial charge on any atom is 0.586 e. The zero-order valence-electron chi connectivity index (χ0n) is 13.2. The molecule has 1 aromatic heterocycles. The molecule has 0 fully saturated rings. The van der Waals surface area contributed by atoms with E-state index in [2.05, 4.69) is 14.5 Å². The number of carbonyl (C=O) groups excluding carboxylic acids is 1. The van der Waals surface area contributed by atoms with E-state index in [4.69, 9.17) is 0 Å². The minimum Gasteiger partial charge on any atom is -0.395 e. The summed E-state index contributed by atoms with van der Waals surface area (Å²) in [6.45, 7) is 4.25. The van der Waals surface area contributed by atoms with Crippen molar-refractivity contribution in [1.82, 2.24) is 9.47 Å². The van der Waals surface area contributed by atoms with E-state index in [1.807, 2.05) is 13.8 Å². The summed E-state index contributed by atoms with van der Waals surface area (Å²) in [5, 5.41) is 0. The lowest BCUT2D eigenvalue weighted by atomic mass is 10.3. The smallest absolute Gasteiger partial charge is 0.395 e. The normalized spacial score (nSPS) is 15.6. The fourth-order valence-corrected chi connectivity index (χ4v) is 2.93. The van der Waals surface area contributed by atoms with Crippen molar-refractivity contribution < 1.29 is 23.0 Å². The molecular weight excluding hydrogens is 340 g/mol. The minimum atomic E-state index is -3.66. The van der Waals surface area contributed by atoms with Gasteiger partial charge >= 0.3 is 12.3 Å². The van der Waals surface area contributed by atoms with Gasteiger partial charge in [0.05, 0.1) is 5.69 Å². The van der Waals surface area contributed by atoms with Crippen molar-refractivity contribution in [3.63, 3.8) is 0 Å². The van der Waals surface area contributed by atoms with Gasteiger partial charge in [-0.1, -0.05) is 0 Å². The van der Waals surface area contributed by atoms with Gasteiger partial charge in [0.15, 0.2) is 16.3 Å². The third kappa shape index (κ3) is 3.12. The number of hydrogen-bond donors (Lipinski definition) is 0. The number of amides is 2. The highest BCUT2D eigenvalue weighted by atomic mass is 32.1. The summed E-state index contributed by atoms with van der Waals surface area (Å²) >= 11 is 1.33. The van der Waals surface area contributed by atoms with Crippen molar-refractivity contribution in [1.29, 1.82) is 0 Å². The van der Waals surface area contributed by atoms with E-state index in [0.29, 0.717) is 17.0 Å². The fraction of sp³-hybridized carbons (Fsp3) is 0.333. The van der Waals surface area contributed by atoms with Crippen LogP contribution in [0.3, 0.4) is 0 Å². The molecule has 0 aliphatic carbocycles. The monoisotopic (exact) mass is 355 g/mol. The highest BCUT2D eigenvalue weighted by Crippen LogP contribution is 2.41. The largest absolute Gasteiger partial charge is 0.586 e. The van der Waals surface area contributed by atoms with E-state index in [0.717, 1.165) is 4.88 Å². The lowest BCUT2D eigenvalue weighted by molar-refractivity contribution is -0.286. The second kappa shape index (κ2) is 5.90. The molecule has 24 heavy (non-hydrogen) atoms. The standard InChI is InChI=1S/C15H15F2N3O3S/c1-4-19(3)13(21)18-14-20(8-9(2)24-14)10-5-6-11-12(7-10)23-15(16,17)22-11/h5-8H,4H2,1-3H3/b18-14-. The number of hydrogen-bond acceptors (Lipinski definition) is 4. The second-order valence-corrected chi connectivity index (χ2v) is 6.41. The quantitative estimate of drug-likeness (QED) is 0.832. The number of urea groups is 1. The molecule has 2 heterocycles. The summed E-state index contributed by atoms with van der Waals surface area (Å²) in [6, 6.07) is 4.05. The summed E-state index contributed by atoms with van der Waals surface area (Å²) in [4.78, 5) is 19.0. The Morgan fingerprint density at radius 3 is 2.79 bits per heavy atom. The van der Waals surface area contributed by atoms with Crippen LogP contribution >= 0.6 is 11.3 Å². The summed E-state index contributed by atoms with van der Waals surface area (Å²) in [7, 11) is 1.65. The predicted molar refractivity (Wildman–Crippen MR) is 83.8 cm³/mol. The van der Waals surface area contributed by atoms with Crippen LogP contribution in [0.15, 0.2) is 29.4 Å². The van der Waals surface area contributed by atoms with Crippen molar-refractivity contribution in [2.75, 3.05) is 13.6 Å². The lowest BCUT2D eigenvalue weighted by Gasteiger charge is -2.10. The van der Waals surface area contributed by atoms with Gasteiger partial charge in [-0.3, -0.25) is 4.57 Å². The van der Waals surface area contributed by atoms with Crippen molar-refractivity contribution in [3.8, 4) is 17.2 Å². The number of aromatic nitrogens is 1. The van der Waals surface area contributed by atoms with Gasteiger partial charge in [-0.2, -0.15) is 4.99 Å². The van der Waals surface area contributed by atoms with Crippen LogP contribution in [0.4, 0.5) is 13.6 Å². The molecule has 1 aliphatic rings. The maximum atomic E-state index is 13.1. The first-order valence-electron chi connectivity index (χ1n) is 7.18. The number of halogens is 2. The lowest BCUT2D eigenvalue weighted by Crippen LogP contribution is -2.26. The van der Waals surface area contributed by atoms with Crippen molar-refractivity contribution in [2.24, 2.45) is 4.99 Å². The molecule has 0 atom stereocenters. The van der Waals surface area contributed by atoms with E-state index in [9.17, 15) is 13.6 Å². The van der Waals surface area contributed by atoms with Crippen LogP contribution in [-0.2, 0) is 0 Å². The number of carbonyl (C=O) groups is 1. The van der Waals surface area contributed by atoms with Gasteiger partial charge in [-0.15, -0.1) is 20.1 Å². The zero-order chi connectivity index (χ0) is 17.5. The topological polar surface area (TPSA) is 56.1 Å². The number of benzene rings is 1. The molecule has 6 nitrogen and oxygen atoms in total. The Balaban J connectivity index is 2.03. The van der Waals surface area contributed by atoms with Crippen LogP contribution in [0.2, 0.25) is 0 Å². The zero-order valence-corrected chi connectivity index (χ0v) is 14.1. The first kappa shape index (κ1) is 16.4. The summed E-state index contributed by atoms with van der Waals surface area (Å²) in [5.41, 5.74) is 0.546. The summed E-state index contributed by atoms with van der Waals surface area (Å²) in [6.07, 6.45) is -1.89. The van der Waals surface area contributed by atoms with Crippen LogP contribution in [-0.4, -0.2) is 35.4 Å². The van der Waals surface area contributed by atoms with Crippen LogP contribution < -0.4 is 14.3 Å². The number of alkyl halides is 2. The first-order valence-corrected chi connectivity index (χ1v) is 8.00. The second-order valence-electron chi connectivity index (χ2n) is 5.20. The van der Waals surface area contributed by atoms with Gasteiger partial charge in [0.2, 0.25) is 0 Å². The van der Waals surface area contributed by atoms with E-state index in [1.165, 1.54) is 28.4 Å². The number of rotatable bonds is 2. The number of thiazole rings is 1. The predicted octanol–water partition coefficient (Wildman–Crippen LogP) is 3.14. The summed E-state index contributed by atoms with van der Waals surface area (Å²) < 4.78 is 36.8. The Morgan fingerprint density at radius 2 is 2.08 bits per heavy atom. The van der Waals surface area contributed by atoms with Gasteiger partial charge < -0.3 is 14.4 Å². The van der Waals surface area contributed by atoms with Crippen molar-refractivity contribution >= 4 is 17.4 Å². The third-order valence-electron chi connectivity index (χ3n) is 3.42. The number of ether oxygens (including phenoxy) is 2. The molecular formula is C15H15F2N3O3S. The molecule has 0 saturated carbocycles. The molecule has 2 amide bonds. The molecule has 0 unspecified atom stereocenters. The van der Waals surface area contributed by atoms with E-state index in [1.54, 1.807) is 23.9 Å². The van der Waals surface area contributed by atoms with Crippen LogP contribution in [0.1, 0.15) is 11.8 Å². The molecule has 9 heteroatoms. The van der Waals surface area contributed by atoms with Gasteiger partial charge in [0.1, 0.15) is 0 Å². The maximum absolute atomic E-state index is 13.1. The average molecular weight is 355 g/mol. The molecule has 128 valence electrons. The Bertz CT molecular complexity index is 860. The van der Waals surface area contributed by atoms with E-state index >= 15 is 0 Å². The first-order chi connectivity index (χ1) is 11.3. The van der Waals surface area contributed by atoms with Crippen molar-refractivity contribution in [3.05, 3.63) is 34.1 Å². The Labute approximate surface area is 140 Å². The molecule has 1 aromatic carbocycles. The van der Waals surface area contributed by atoms with E-state index in [-0.39, 0.29) is 17.5 Å². The molecule has 0 N–H and O–H groups in total. The van der Waals surface area contributed by atoms with Gasteiger partial charge in [-0.25, -0.2) is 4.79 Å². The molecule has 0 bridgehead atoms. The van der Waals surface area contributed by atoms with Crippen LogP contribution in [0, 0.1) is 6.92 Å². The van der Waals surface area contributed by atoms with Crippen LogP contribution in [0.5, 0.6) is 11.5 Å². The Kier molecular flexibility index (Phi) is 4.04. The minimum absolute atomic E-state index is 0.0309. The Morgan fingerprint density at radius 1 is 1.38 bits per heavy atom. The highest BCUT2D eigenvalue weighted by Gasteiger charge is 2.43. The molecule has 1 aliphatic heterocycles. The number of nitrogens with zero attached hydrogens (tertiary/aromatic N) is 3. The molecule has 0 spiro atoms. The number of fused-ring (bicyclic) bond motifs is 1. The number of aryl methyl sites for hydroxylation is 1. The highest BCUT2D eigenvalue weighted by molar-refractivity contribution is 7.09. The van der Waals surface area contributed by atoms with Gasteiger partial charge in [0, 0.05) is 30.7 Å². The van der Waals surface area contributed by atoms with Crippen LogP contribution in [0.25, 0.3) is 5.69 Å². The van der Waals surface area contributed by atoms with Gasteiger partial charge in [-0.05, 0) is 26.0 Å². The third-order valence-corrected chi connectivity index (χ3v) is 4.32.